The second-order valence-electron chi connectivity index (χ2n) is 3.28. The fourth-order valence-corrected chi connectivity index (χ4v) is 1.87. The zero-order valence-corrected chi connectivity index (χ0v) is 9.35. The van der Waals surface area contributed by atoms with Gasteiger partial charge in [0.05, 0.1) is 5.75 Å². The summed E-state index contributed by atoms with van der Waals surface area (Å²) in [6.45, 7) is 3.64. The maximum Gasteiger partial charge on any atom is 0.224 e. The lowest BCUT2D eigenvalue weighted by Crippen LogP contribution is -2.32. The van der Waals surface area contributed by atoms with Crippen molar-refractivity contribution >= 4 is 10.0 Å². The van der Waals surface area contributed by atoms with Gasteiger partial charge in [-0.1, -0.05) is 25.3 Å². The second kappa shape index (κ2) is 7.96. The Labute approximate surface area is 86.6 Å². The molecule has 84 valence electrons. The number of nitrogens with two attached hydrogens (primary N) is 1. The van der Waals surface area contributed by atoms with Gasteiger partial charge in [-0.05, 0) is 19.3 Å². The van der Waals surface area contributed by atoms with Gasteiger partial charge >= 0.3 is 0 Å². The van der Waals surface area contributed by atoms with Crippen LogP contribution in [0.25, 0.3) is 0 Å². The molecule has 0 fully saturated rings. The van der Waals surface area contributed by atoms with Gasteiger partial charge in [0.25, 0.3) is 0 Å². The Hall–Kier alpha value is -0.390. The molecule has 0 aromatic rings. The van der Waals surface area contributed by atoms with E-state index in [-0.39, 0.29) is 5.75 Å². The van der Waals surface area contributed by atoms with E-state index in [1.54, 1.807) is 0 Å². The van der Waals surface area contributed by atoms with Crippen molar-refractivity contribution < 1.29 is 8.42 Å². The van der Waals surface area contributed by atoms with Crippen molar-refractivity contribution in [2.24, 2.45) is 5.84 Å². The Kier molecular flexibility index (Phi) is 7.74. The molecular formula is C9H20N2O2S. The van der Waals surface area contributed by atoms with E-state index >= 15 is 0 Å². The number of hydrazine groups is 1. The minimum Gasteiger partial charge on any atom is -0.258 e. The molecule has 5 heteroatoms. The van der Waals surface area contributed by atoms with E-state index in [0.717, 1.165) is 32.1 Å². The van der Waals surface area contributed by atoms with E-state index in [4.69, 9.17) is 5.84 Å². The molecule has 0 amide bonds. The molecule has 0 bridgehead atoms. The number of hydrogen-bond acceptors (Lipinski definition) is 3. The summed E-state index contributed by atoms with van der Waals surface area (Å²) < 4.78 is 21.8. The van der Waals surface area contributed by atoms with Gasteiger partial charge in [0.15, 0.2) is 0 Å². The first-order valence-electron chi connectivity index (χ1n) is 4.93. The lowest BCUT2D eigenvalue weighted by atomic mass is 10.1. The summed E-state index contributed by atoms with van der Waals surface area (Å²) in [5, 5.41) is 0. The lowest BCUT2D eigenvalue weighted by molar-refractivity contribution is 0.574. The lowest BCUT2D eigenvalue weighted by Gasteiger charge is -2.01. The summed E-state index contributed by atoms with van der Waals surface area (Å²) in [7, 11) is -3.21. The highest BCUT2D eigenvalue weighted by molar-refractivity contribution is 7.89. The van der Waals surface area contributed by atoms with Gasteiger partial charge in [-0.15, -0.1) is 6.58 Å². The minimum absolute atomic E-state index is 0.130. The van der Waals surface area contributed by atoms with Gasteiger partial charge in [-0.25, -0.2) is 8.42 Å². The molecule has 0 aliphatic carbocycles. The van der Waals surface area contributed by atoms with Gasteiger partial charge in [0, 0.05) is 0 Å². The summed E-state index contributed by atoms with van der Waals surface area (Å²) in [6, 6.07) is 0. The molecule has 0 atom stereocenters. The number of sulfonamides is 1. The number of hydrogen-bond donors (Lipinski definition) is 2. The molecule has 0 aliphatic rings. The average molecular weight is 220 g/mol. The molecule has 14 heavy (non-hydrogen) atoms. The van der Waals surface area contributed by atoms with Crippen LogP contribution < -0.4 is 10.7 Å². The van der Waals surface area contributed by atoms with E-state index in [0.29, 0.717) is 6.42 Å². The van der Waals surface area contributed by atoms with Gasteiger partial charge in [-0.3, -0.25) is 5.84 Å². The molecule has 0 unspecified atom stereocenters. The fourth-order valence-electron chi connectivity index (χ4n) is 1.17. The fraction of sp³-hybridized carbons (Fsp3) is 0.778. The smallest absolute Gasteiger partial charge is 0.224 e. The molecule has 0 saturated heterocycles. The number of rotatable bonds is 9. The molecule has 0 saturated carbocycles. The van der Waals surface area contributed by atoms with Crippen molar-refractivity contribution in [2.75, 3.05) is 5.75 Å². The van der Waals surface area contributed by atoms with Gasteiger partial charge < -0.3 is 0 Å². The molecule has 0 aromatic carbocycles. The third-order valence-electron chi connectivity index (χ3n) is 2.00. The van der Waals surface area contributed by atoms with Gasteiger partial charge in [0.1, 0.15) is 0 Å². The number of nitrogens with one attached hydrogen (secondary N) is 1. The van der Waals surface area contributed by atoms with Crippen LogP contribution in [-0.4, -0.2) is 14.2 Å². The normalized spacial score (nSPS) is 11.5. The molecule has 0 radical (unpaired) electrons. The Balaban J connectivity index is 3.26. The van der Waals surface area contributed by atoms with Crippen molar-refractivity contribution in [1.82, 2.24) is 4.83 Å². The predicted octanol–water partition coefficient (Wildman–Crippen LogP) is 1.31. The van der Waals surface area contributed by atoms with Crippen LogP contribution in [0.3, 0.4) is 0 Å². The average Bonchev–Trinajstić information content (AvgIpc) is 2.16. The van der Waals surface area contributed by atoms with Crippen LogP contribution >= 0.6 is 0 Å². The van der Waals surface area contributed by atoms with Gasteiger partial charge in [0.2, 0.25) is 10.0 Å². The summed E-state index contributed by atoms with van der Waals surface area (Å²) in [5.41, 5.74) is 0. The molecule has 0 rings (SSSR count). The van der Waals surface area contributed by atoms with E-state index in [1.807, 2.05) is 10.9 Å². The van der Waals surface area contributed by atoms with E-state index in [9.17, 15) is 8.42 Å². The van der Waals surface area contributed by atoms with Crippen LogP contribution in [-0.2, 0) is 10.0 Å². The van der Waals surface area contributed by atoms with E-state index in [2.05, 4.69) is 6.58 Å². The topological polar surface area (TPSA) is 72.2 Å². The van der Waals surface area contributed by atoms with Crippen molar-refractivity contribution in [2.45, 2.75) is 38.5 Å². The summed E-state index contributed by atoms with van der Waals surface area (Å²) in [4.78, 5) is 1.81. The number of allylic oxidation sites excluding steroid dienone is 1. The standard InChI is InChI=1S/C9H20N2O2S/c1-2-3-4-5-6-7-8-9-14(12,13)11-10/h2,11H,1,3-10H2. The third kappa shape index (κ3) is 8.22. The van der Waals surface area contributed by atoms with Crippen molar-refractivity contribution in [3.8, 4) is 0 Å². The highest BCUT2D eigenvalue weighted by Crippen LogP contribution is 2.06. The quantitative estimate of drug-likeness (QED) is 0.266. The second-order valence-corrected chi connectivity index (χ2v) is 5.16. The zero-order chi connectivity index (χ0) is 10.9. The maximum absolute atomic E-state index is 10.9. The monoisotopic (exact) mass is 220 g/mol. The highest BCUT2D eigenvalue weighted by atomic mass is 32.2. The molecule has 3 N–H and O–H groups in total. The number of unbranched alkanes of at least 4 members (excludes halogenated alkanes) is 5. The Morgan fingerprint density at radius 3 is 2.29 bits per heavy atom. The first-order valence-corrected chi connectivity index (χ1v) is 6.58. The van der Waals surface area contributed by atoms with Gasteiger partial charge in [-0.2, -0.15) is 4.83 Å². The predicted molar refractivity (Wildman–Crippen MR) is 59.0 cm³/mol. The van der Waals surface area contributed by atoms with Crippen molar-refractivity contribution in [3.63, 3.8) is 0 Å². The molecule has 0 aliphatic heterocycles. The summed E-state index contributed by atoms with van der Waals surface area (Å²) >= 11 is 0. The highest BCUT2D eigenvalue weighted by Gasteiger charge is 2.05. The van der Waals surface area contributed by atoms with Crippen LogP contribution in [0.4, 0.5) is 0 Å². The van der Waals surface area contributed by atoms with E-state index < -0.39 is 10.0 Å². The molecule has 0 aromatic heterocycles. The molecule has 0 heterocycles. The van der Waals surface area contributed by atoms with E-state index in [1.165, 1.54) is 0 Å². The first-order chi connectivity index (χ1) is 6.62. The van der Waals surface area contributed by atoms with Crippen LogP contribution in [0.1, 0.15) is 38.5 Å². The summed E-state index contributed by atoms with van der Waals surface area (Å²) in [6.07, 6.45) is 7.94. The Morgan fingerprint density at radius 2 is 1.71 bits per heavy atom. The third-order valence-corrected chi connectivity index (χ3v) is 3.19. The van der Waals surface area contributed by atoms with Crippen molar-refractivity contribution in [3.05, 3.63) is 12.7 Å². The Bertz CT molecular complexity index is 237. The zero-order valence-electron chi connectivity index (χ0n) is 8.54. The van der Waals surface area contributed by atoms with Crippen LogP contribution in [0, 0.1) is 0 Å². The molecule has 0 spiro atoms. The largest absolute Gasteiger partial charge is 0.258 e. The summed E-state index contributed by atoms with van der Waals surface area (Å²) in [5.74, 6) is 4.97. The minimum atomic E-state index is -3.21. The van der Waals surface area contributed by atoms with Crippen LogP contribution in [0.15, 0.2) is 12.7 Å². The Morgan fingerprint density at radius 1 is 1.14 bits per heavy atom. The molecular weight excluding hydrogens is 200 g/mol. The van der Waals surface area contributed by atoms with Crippen LogP contribution in [0.2, 0.25) is 0 Å². The molecule has 4 nitrogen and oxygen atoms in total. The van der Waals surface area contributed by atoms with Crippen molar-refractivity contribution in [1.29, 1.82) is 0 Å². The first kappa shape index (κ1) is 13.6. The maximum atomic E-state index is 10.9. The SMILES string of the molecule is C=CCCCCCCCS(=O)(=O)NN. The van der Waals surface area contributed by atoms with Crippen LogP contribution in [0.5, 0.6) is 0 Å².